The molecule has 0 fully saturated rings. The van der Waals surface area contributed by atoms with Crippen molar-refractivity contribution in [3.8, 4) is 0 Å². The summed E-state index contributed by atoms with van der Waals surface area (Å²) in [5.41, 5.74) is 0. The van der Waals surface area contributed by atoms with Crippen LogP contribution in [0.15, 0.2) is 12.7 Å². The molecule has 0 aliphatic rings. The molecule has 15 heavy (non-hydrogen) atoms. The first-order valence-corrected chi connectivity index (χ1v) is 4.82. The Balaban J connectivity index is 4.00. The second kappa shape index (κ2) is 7.00. The molecule has 3 N–H and O–H groups in total. The summed E-state index contributed by atoms with van der Waals surface area (Å²) in [6, 6.07) is -0.831. The standard InChI is InChI=1S/C10H18N2O3/c1-4-5-11-6-8(13)12-9(7(2)3)10(14)15/h4,7,9,11H,1,5-6H2,2-3H3,(H,12,13)(H,14,15)/t9-/m0/s1. The number of hydrogen-bond acceptors (Lipinski definition) is 3. The zero-order valence-corrected chi connectivity index (χ0v) is 9.12. The summed E-state index contributed by atoms with van der Waals surface area (Å²) in [5.74, 6) is -1.47. The van der Waals surface area contributed by atoms with Gasteiger partial charge in [-0.15, -0.1) is 6.58 Å². The quantitative estimate of drug-likeness (QED) is 0.411. The van der Waals surface area contributed by atoms with Crippen molar-refractivity contribution in [2.45, 2.75) is 19.9 Å². The van der Waals surface area contributed by atoms with Crippen LogP contribution in [0.25, 0.3) is 0 Å². The molecular formula is C10H18N2O3. The van der Waals surface area contributed by atoms with Crippen LogP contribution in [-0.2, 0) is 9.59 Å². The normalized spacial score (nSPS) is 12.2. The molecule has 0 rings (SSSR count). The molecule has 0 aliphatic heterocycles. The lowest BCUT2D eigenvalue weighted by atomic mass is 10.1. The average Bonchev–Trinajstić information content (AvgIpc) is 2.13. The second-order valence-corrected chi connectivity index (χ2v) is 3.55. The van der Waals surface area contributed by atoms with Crippen LogP contribution in [0.1, 0.15) is 13.8 Å². The Hall–Kier alpha value is -1.36. The molecule has 86 valence electrons. The van der Waals surface area contributed by atoms with Gasteiger partial charge in [0.15, 0.2) is 0 Å². The Morgan fingerprint density at radius 1 is 1.47 bits per heavy atom. The molecule has 0 saturated carbocycles. The Morgan fingerprint density at radius 3 is 2.47 bits per heavy atom. The maximum Gasteiger partial charge on any atom is 0.326 e. The molecule has 0 spiro atoms. The predicted octanol–water partition coefficient (Wildman–Crippen LogP) is -0.0126. The first kappa shape index (κ1) is 13.6. The van der Waals surface area contributed by atoms with Gasteiger partial charge in [0.25, 0.3) is 0 Å². The molecule has 0 bridgehead atoms. The van der Waals surface area contributed by atoms with E-state index in [9.17, 15) is 9.59 Å². The highest BCUT2D eigenvalue weighted by molar-refractivity contribution is 5.84. The molecule has 5 heteroatoms. The number of carboxylic acids is 1. The third-order valence-corrected chi connectivity index (χ3v) is 1.82. The van der Waals surface area contributed by atoms with Crippen molar-refractivity contribution in [2.24, 2.45) is 5.92 Å². The van der Waals surface area contributed by atoms with Gasteiger partial charge in [-0.3, -0.25) is 4.79 Å². The van der Waals surface area contributed by atoms with Crippen LogP contribution in [-0.4, -0.2) is 36.1 Å². The van der Waals surface area contributed by atoms with Crippen LogP contribution in [0.2, 0.25) is 0 Å². The Morgan fingerprint density at radius 2 is 2.07 bits per heavy atom. The lowest BCUT2D eigenvalue weighted by molar-refractivity contribution is -0.142. The summed E-state index contributed by atoms with van der Waals surface area (Å²) >= 11 is 0. The summed E-state index contributed by atoms with van der Waals surface area (Å²) in [6.45, 7) is 7.60. The van der Waals surface area contributed by atoms with Crippen LogP contribution in [0.4, 0.5) is 0 Å². The van der Waals surface area contributed by atoms with E-state index < -0.39 is 12.0 Å². The van der Waals surface area contributed by atoms with E-state index in [1.54, 1.807) is 19.9 Å². The maximum atomic E-state index is 11.3. The lowest BCUT2D eigenvalue weighted by Gasteiger charge is -2.17. The van der Waals surface area contributed by atoms with Crippen LogP contribution in [0.5, 0.6) is 0 Å². The zero-order chi connectivity index (χ0) is 11.8. The Kier molecular flexibility index (Phi) is 6.37. The molecule has 1 atom stereocenters. The van der Waals surface area contributed by atoms with Crippen molar-refractivity contribution in [1.82, 2.24) is 10.6 Å². The van der Waals surface area contributed by atoms with E-state index in [1.807, 2.05) is 0 Å². The lowest BCUT2D eigenvalue weighted by Crippen LogP contribution is -2.47. The van der Waals surface area contributed by atoms with E-state index in [0.717, 1.165) is 0 Å². The molecule has 0 aromatic carbocycles. The van der Waals surface area contributed by atoms with Crippen LogP contribution in [0, 0.1) is 5.92 Å². The molecule has 0 heterocycles. The minimum absolute atomic E-state index is 0.0997. The number of carboxylic acid groups (broad SMARTS) is 1. The Bertz CT molecular complexity index is 239. The third-order valence-electron chi connectivity index (χ3n) is 1.82. The summed E-state index contributed by atoms with van der Waals surface area (Å²) in [7, 11) is 0. The Labute approximate surface area is 89.6 Å². The van der Waals surface area contributed by atoms with Gasteiger partial charge in [-0.25, -0.2) is 4.79 Å². The van der Waals surface area contributed by atoms with Crippen molar-refractivity contribution in [1.29, 1.82) is 0 Å². The van der Waals surface area contributed by atoms with Gasteiger partial charge in [0.05, 0.1) is 6.54 Å². The number of aliphatic carboxylic acids is 1. The number of nitrogens with one attached hydrogen (secondary N) is 2. The van der Waals surface area contributed by atoms with Gasteiger partial charge in [0.2, 0.25) is 5.91 Å². The molecule has 0 aromatic rings. The fraction of sp³-hybridized carbons (Fsp3) is 0.600. The largest absolute Gasteiger partial charge is 0.480 e. The highest BCUT2D eigenvalue weighted by atomic mass is 16.4. The molecule has 0 radical (unpaired) electrons. The molecule has 0 aromatic heterocycles. The van der Waals surface area contributed by atoms with E-state index in [2.05, 4.69) is 17.2 Å². The van der Waals surface area contributed by atoms with E-state index >= 15 is 0 Å². The van der Waals surface area contributed by atoms with Crippen LogP contribution in [0.3, 0.4) is 0 Å². The summed E-state index contributed by atoms with van der Waals surface area (Å²) < 4.78 is 0. The van der Waals surface area contributed by atoms with Gasteiger partial charge >= 0.3 is 5.97 Å². The fourth-order valence-electron chi connectivity index (χ4n) is 1.03. The number of carbonyl (C=O) groups is 2. The average molecular weight is 214 g/mol. The van der Waals surface area contributed by atoms with Gasteiger partial charge in [-0.05, 0) is 5.92 Å². The minimum atomic E-state index is -1.01. The monoisotopic (exact) mass is 214 g/mol. The van der Waals surface area contributed by atoms with E-state index in [0.29, 0.717) is 6.54 Å². The van der Waals surface area contributed by atoms with Crippen molar-refractivity contribution in [2.75, 3.05) is 13.1 Å². The van der Waals surface area contributed by atoms with E-state index in [1.165, 1.54) is 0 Å². The number of amides is 1. The van der Waals surface area contributed by atoms with Gasteiger partial charge in [0.1, 0.15) is 6.04 Å². The molecule has 0 saturated heterocycles. The number of rotatable bonds is 7. The van der Waals surface area contributed by atoms with Gasteiger partial charge in [-0.2, -0.15) is 0 Å². The second-order valence-electron chi connectivity index (χ2n) is 3.55. The molecular weight excluding hydrogens is 196 g/mol. The summed E-state index contributed by atoms with van der Waals surface area (Å²) in [5, 5.41) is 14.0. The maximum absolute atomic E-state index is 11.3. The first-order valence-electron chi connectivity index (χ1n) is 4.82. The van der Waals surface area contributed by atoms with E-state index in [4.69, 9.17) is 5.11 Å². The summed E-state index contributed by atoms with van der Waals surface area (Å²) in [4.78, 5) is 22.0. The van der Waals surface area contributed by atoms with Crippen molar-refractivity contribution < 1.29 is 14.7 Å². The predicted molar refractivity (Wildman–Crippen MR) is 57.5 cm³/mol. The van der Waals surface area contributed by atoms with Crippen molar-refractivity contribution in [3.05, 3.63) is 12.7 Å². The smallest absolute Gasteiger partial charge is 0.326 e. The SMILES string of the molecule is C=CCNCC(=O)N[C@H](C(=O)O)C(C)C. The number of hydrogen-bond donors (Lipinski definition) is 3. The van der Waals surface area contributed by atoms with Crippen LogP contribution < -0.4 is 10.6 Å². The molecule has 0 aliphatic carbocycles. The third kappa shape index (κ3) is 5.85. The highest BCUT2D eigenvalue weighted by Gasteiger charge is 2.22. The van der Waals surface area contributed by atoms with Gasteiger partial charge in [-0.1, -0.05) is 19.9 Å². The van der Waals surface area contributed by atoms with Crippen molar-refractivity contribution >= 4 is 11.9 Å². The molecule has 5 nitrogen and oxygen atoms in total. The number of carbonyl (C=O) groups excluding carboxylic acids is 1. The van der Waals surface area contributed by atoms with Gasteiger partial charge < -0.3 is 15.7 Å². The van der Waals surface area contributed by atoms with E-state index in [-0.39, 0.29) is 18.4 Å². The first-order chi connectivity index (χ1) is 6.99. The summed E-state index contributed by atoms with van der Waals surface area (Å²) in [6.07, 6.45) is 1.63. The molecule has 1 amide bonds. The zero-order valence-electron chi connectivity index (χ0n) is 9.12. The van der Waals surface area contributed by atoms with Crippen LogP contribution >= 0.6 is 0 Å². The molecule has 0 unspecified atom stereocenters. The highest BCUT2D eigenvalue weighted by Crippen LogP contribution is 2.00. The topological polar surface area (TPSA) is 78.4 Å². The van der Waals surface area contributed by atoms with Crippen molar-refractivity contribution in [3.63, 3.8) is 0 Å². The fourth-order valence-corrected chi connectivity index (χ4v) is 1.03. The minimum Gasteiger partial charge on any atom is -0.480 e. The van der Waals surface area contributed by atoms with Gasteiger partial charge in [0, 0.05) is 6.54 Å².